The van der Waals surface area contributed by atoms with E-state index in [2.05, 4.69) is 0 Å². The van der Waals surface area contributed by atoms with Gasteiger partial charge >= 0.3 is 0 Å². The number of hydrogen-bond donors (Lipinski definition) is 1. The number of rotatable bonds is 6. The molecule has 4 nitrogen and oxygen atoms in total. The third-order valence-corrected chi connectivity index (χ3v) is 3.41. The highest BCUT2D eigenvalue weighted by Crippen LogP contribution is 2.40. The number of hydrogen-bond acceptors (Lipinski definition) is 4. The fourth-order valence-electron chi connectivity index (χ4n) is 2.21. The van der Waals surface area contributed by atoms with Crippen LogP contribution in [0.4, 0.5) is 0 Å². The van der Waals surface area contributed by atoms with E-state index >= 15 is 0 Å². The lowest BCUT2D eigenvalue weighted by atomic mass is 10.1. The van der Waals surface area contributed by atoms with Gasteiger partial charge in [0.2, 0.25) is 5.75 Å². The monoisotopic (exact) mass is 299 g/mol. The summed E-state index contributed by atoms with van der Waals surface area (Å²) in [4.78, 5) is 0. The zero-order chi connectivity index (χ0) is 15.9. The second-order valence-electron chi connectivity index (χ2n) is 4.70. The van der Waals surface area contributed by atoms with Crippen LogP contribution in [0.2, 0.25) is 0 Å². The Morgan fingerprint density at radius 1 is 0.818 bits per heavy atom. The molecule has 0 atom stereocenters. The van der Waals surface area contributed by atoms with Gasteiger partial charge in [-0.3, -0.25) is 0 Å². The first-order valence-corrected chi connectivity index (χ1v) is 6.99. The predicted molar refractivity (Wildman–Crippen MR) is 89.4 cm³/mol. The minimum atomic E-state index is 0.549. The lowest BCUT2D eigenvalue weighted by Gasteiger charge is -2.14. The maximum atomic E-state index is 5.60. The molecule has 2 N–H and O–H groups in total. The molecule has 22 heavy (non-hydrogen) atoms. The van der Waals surface area contributed by atoms with Crippen molar-refractivity contribution in [1.29, 1.82) is 0 Å². The van der Waals surface area contributed by atoms with Gasteiger partial charge in [-0.25, -0.2) is 0 Å². The quantitative estimate of drug-likeness (QED) is 0.831. The maximum absolute atomic E-state index is 5.60. The van der Waals surface area contributed by atoms with Crippen molar-refractivity contribution in [3.63, 3.8) is 0 Å². The number of ether oxygens (including phenoxy) is 3. The van der Waals surface area contributed by atoms with Crippen molar-refractivity contribution in [2.24, 2.45) is 5.73 Å². The van der Waals surface area contributed by atoms with Crippen molar-refractivity contribution in [3.05, 3.63) is 53.1 Å². The molecule has 0 saturated heterocycles. The summed E-state index contributed by atoms with van der Waals surface area (Å²) in [6.07, 6.45) is 4.00. The normalized spacial score (nSPS) is 10.7. The van der Waals surface area contributed by atoms with Gasteiger partial charge < -0.3 is 19.9 Å². The van der Waals surface area contributed by atoms with E-state index in [1.165, 1.54) is 0 Å². The van der Waals surface area contributed by atoms with Gasteiger partial charge in [-0.2, -0.15) is 0 Å². The van der Waals surface area contributed by atoms with Gasteiger partial charge in [0.15, 0.2) is 11.5 Å². The number of nitrogens with two attached hydrogens (primary N) is 1. The minimum absolute atomic E-state index is 0.549. The third-order valence-electron chi connectivity index (χ3n) is 3.41. The Labute approximate surface area is 131 Å². The molecule has 0 aliphatic heterocycles. The molecule has 116 valence electrons. The van der Waals surface area contributed by atoms with E-state index in [0.717, 1.165) is 16.7 Å². The summed E-state index contributed by atoms with van der Waals surface area (Å²) in [7, 11) is 4.82. The lowest BCUT2D eigenvalue weighted by molar-refractivity contribution is 0.324. The second kappa shape index (κ2) is 7.52. The molecule has 0 radical (unpaired) electrons. The van der Waals surface area contributed by atoms with Crippen molar-refractivity contribution in [1.82, 2.24) is 0 Å². The van der Waals surface area contributed by atoms with Gasteiger partial charge in [0.05, 0.1) is 21.3 Å². The molecule has 0 amide bonds. The van der Waals surface area contributed by atoms with Gasteiger partial charge in [0, 0.05) is 12.1 Å². The highest BCUT2D eigenvalue weighted by atomic mass is 16.5. The van der Waals surface area contributed by atoms with Gasteiger partial charge in [-0.1, -0.05) is 36.4 Å². The first-order valence-electron chi connectivity index (χ1n) is 6.99. The molecule has 2 aromatic rings. The highest BCUT2D eigenvalue weighted by Gasteiger charge is 2.13. The lowest BCUT2D eigenvalue weighted by Crippen LogP contribution is -1.96. The standard InChI is InChI=1S/C18H21NO3/c1-20-16-11-10-15(17(21-2)18(16)22-3)9-8-13-4-6-14(12-19)7-5-13/h4-11H,12,19H2,1-3H3. The van der Waals surface area contributed by atoms with Gasteiger partial charge in [0.1, 0.15) is 0 Å². The maximum Gasteiger partial charge on any atom is 0.203 e. The third kappa shape index (κ3) is 3.40. The zero-order valence-electron chi connectivity index (χ0n) is 13.1. The Kier molecular flexibility index (Phi) is 5.44. The summed E-state index contributed by atoms with van der Waals surface area (Å²) < 4.78 is 16.1. The van der Waals surface area contributed by atoms with Crippen LogP contribution >= 0.6 is 0 Å². The molecule has 0 heterocycles. The summed E-state index contributed by atoms with van der Waals surface area (Å²) in [6, 6.07) is 11.9. The molecule has 0 bridgehead atoms. The molecule has 0 saturated carbocycles. The van der Waals surface area contributed by atoms with Crippen LogP contribution in [0.3, 0.4) is 0 Å². The zero-order valence-corrected chi connectivity index (χ0v) is 13.1. The Morgan fingerprint density at radius 2 is 1.50 bits per heavy atom. The molecule has 2 rings (SSSR count). The molecule has 0 unspecified atom stereocenters. The van der Waals surface area contributed by atoms with Crippen LogP contribution in [0.5, 0.6) is 17.2 Å². The first kappa shape index (κ1) is 15.9. The van der Waals surface area contributed by atoms with E-state index in [4.69, 9.17) is 19.9 Å². The largest absolute Gasteiger partial charge is 0.493 e. The van der Waals surface area contributed by atoms with Crippen LogP contribution in [-0.4, -0.2) is 21.3 Å². The smallest absolute Gasteiger partial charge is 0.203 e. The molecule has 0 aliphatic carbocycles. The highest BCUT2D eigenvalue weighted by molar-refractivity contribution is 5.75. The summed E-state index contributed by atoms with van der Waals surface area (Å²) in [5.41, 5.74) is 8.72. The summed E-state index contributed by atoms with van der Waals surface area (Å²) in [6.45, 7) is 0.549. The molecular formula is C18H21NO3. The fourth-order valence-corrected chi connectivity index (χ4v) is 2.21. The fraction of sp³-hybridized carbons (Fsp3) is 0.222. The van der Waals surface area contributed by atoms with Gasteiger partial charge in [-0.05, 0) is 23.3 Å². The molecule has 2 aromatic carbocycles. The molecule has 4 heteroatoms. The SMILES string of the molecule is COc1ccc(C=Cc2ccc(CN)cc2)c(OC)c1OC. The molecular weight excluding hydrogens is 278 g/mol. The second-order valence-corrected chi connectivity index (χ2v) is 4.70. The molecule has 0 fully saturated rings. The van der Waals surface area contributed by atoms with E-state index in [1.54, 1.807) is 21.3 Å². The van der Waals surface area contributed by atoms with Crippen LogP contribution in [0.15, 0.2) is 36.4 Å². The number of methoxy groups -OCH3 is 3. The van der Waals surface area contributed by atoms with Crippen molar-refractivity contribution in [2.45, 2.75) is 6.54 Å². The van der Waals surface area contributed by atoms with E-state index in [9.17, 15) is 0 Å². The van der Waals surface area contributed by atoms with Crippen LogP contribution in [0, 0.1) is 0 Å². The van der Waals surface area contributed by atoms with Crippen molar-refractivity contribution >= 4 is 12.2 Å². The topological polar surface area (TPSA) is 53.7 Å². The van der Waals surface area contributed by atoms with E-state index < -0.39 is 0 Å². The molecule has 0 spiro atoms. The Morgan fingerprint density at radius 3 is 2.05 bits per heavy atom. The van der Waals surface area contributed by atoms with Crippen molar-refractivity contribution < 1.29 is 14.2 Å². The van der Waals surface area contributed by atoms with Gasteiger partial charge in [0.25, 0.3) is 0 Å². The number of benzene rings is 2. The average Bonchev–Trinajstić information content (AvgIpc) is 2.59. The average molecular weight is 299 g/mol. The summed E-state index contributed by atoms with van der Waals surface area (Å²) >= 11 is 0. The minimum Gasteiger partial charge on any atom is -0.493 e. The van der Waals surface area contributed by atoms with Crippen LogP contribution < -0.4 is 19.9 Å². The first-order chi connectivity index (χ1) is 10.7. The summed E-state index contributed by atoms with van der Waals surface area (Å²) in [5.74, 6) is 1.88. The molecule has 0 aliphatic rings. The van der Waals surface area contributed by atoms with Crippen molar-refractivity contribution in [3.8, 4) is 17.2 Å². The predicted octanol–water partition coefficient (Wildman–Crippen LogP) is 3.34. The Bertz CT molecular complexity index is 648. The van der Waals surface area contributed by atoms with E-state index in [1.807, 2.05) is 48.6 Å². The van der Waals surface area contributed by atoms with Crippen LogP contribution in [-0.2, 0) is 6.54 Å². The summed E-state index contributed by atoms with van der Waals surface area (Å²) in [5, 5.41) is 0. The van der Waals surface area contributed by atoms with E-state index in [0.29, 0.717) is 23.8 Å². The van der Waals surface area contributed by atoms with Gasteiger partial charge in [-0.15, -0.1) is 0 Å². The van der Waals surface area contributed by atoms with Crippen LogP contribution in [0.25, 0.3) is 12.2 Å². The Balaban J connectivity index is 2.33. The Hall–Kier alpha value is -2.46. The van der Waals surface area contributed by atoms with Crippen LogP contribution in [0.1, 0.15) is 16.7 Å². The molecule has 0 aromatic heterocycles. The van der Waals surface area contributed by atoms with Crippen molar-refractivity contribution in [2.75, 3.05) is 21.3 Å². The van der Waals surface area contributed by atoms with E-state index in [-0.39, 0.29) is 0 Å².